The molecule has 0 aliphatic heterocycles. The van der Waals surface area contributed by atoms with E-state index in [-0.39, 0.29) is 0 Å². The lowest BCUT2D eigenvalue weighted by Crippen LogP contribution is -2.39. The number of imidazole rings is 1. The molecule has 1 amide bonds. The molecule has 0 radical (unpaired) electrons. The Hall–Kier alpha value is -2.77. The van der Waals surface area contributed by atoms with Gasteiger partial charge in [0.25, 0.3) is 0 Å². The molecule has 3 N–H and O–H groups in total. The van der Waals surface area contributed by atoms with Gasteiger partial charge in [-0.15, -0.1) is 0 Å². The van der Waals surface area contributed by atoms with E-state index >= 15 is 0 Å². The van der Waals surface area contributed by atoms with Crippen LogP contribution in [0.15, 0.2) is 29.4 Å². The fraction of sp³-hybridized carbons (Fsp3) is 0.550. The van der Waals surface area contributed by atoms with Gasteiger partial charge in [-0.3, -0.25) is 0 Å². The van der Waals surface area contributed by atoms with Crippen molar-refractivity contribution in [3.63, 3.8) is 0 Å². The topological polar surface area (TPSA) is 92.0 Å². The van der Waals surface area contributed by atoms with E-state index < -0.39 is 11.7 Å². The summed E-state index contributed by atoms with van der Waals surface area (Å²) in [4.78, 5) is 20.8. The van der Waals surface area contributed by atoms with Gasteiger partial charge >= 0.3 is 6.09 Å². The van der Waals surface area contributed by atoms with Crippen molar-refractivity contribution in [2.45, 2.75) is 53.2 Å². The van der Waals surface area contributed by atoms with Gasteiger partial charge in [-0.2, -0.15) is 0 Å². The van der Waals surface area contributed by atoms with Crippen molar-refractivity contribution >= 4 is 17.7 Å². The standard InChI is InChI=1S/C20H32N6O2/c1-6-21-18(22-11-8-12-23-19(27)28-20(3,4)5)24-13-16-14-26-15(2)9-7-10-17(26)25-16/h7,9-10,14H,6,8,11-13H2,1-5H3,(H,23,27)(H2,21,22,24). The molecule has 8 heteroatoms. The van der Waals surface area contributed by atoms with E-state index in [2.05, 4.69) is 43.3 Å². The molecule has 154 valence electrons. The maximum Gasteiger partial charge on any atom is 0.407 e. The van der Waals surface area contributed by atoms with Crippen LogP contribution >= 0.6 is 0 Å². The fourth-order valence-corrected chi connectivity index (χ4v) is 2.58. The van der Waals surface area contributed by atoms with Crippen molar-refractivity contribution in [2.24, 2.45) is 4.99 Å². The lowest BCUT2D eigenvalue weighted by atomic mass is 10.2. The molecule has 2 aromatic rings. The number of aryl methyl sites for hydroxylation is 1. The molecule has 0 aliphatic rings. The Labute approximate surface area is 166 Å². The van der Waals surface area contributed by atoms with Crippen molar-refractivity contribution < 1.29 is 9.53 Å². The Morgan fingerprint density at radius 2 is 1.96 bits per heavy atom. The highest BCUT2D eigenvalue weighted by molar-refractivity contribution is 5.79. The molecule has 0 bridgehead atoms. The number of aliphatic imine (C=N–C) groups is 1. The van der Waals surface area contributed by atoms with E-state index in [4.69, 9.17) is 4.74 Å². The van der Waals surface area contributed by atoms with Gasteiger partial charge in [-0.1, -0.05) is 6.07 Å². The molecule has 0 saturated carbocycles. The first-order valence-corrected chi connectivity index (χ1v) is 9.71. The number of nitrogens with one attached hydrogen (secondary N) is 3. The number of carbonyl (C=O) groups excluding carboxylic acids is 1. The second kappa shape index (κ2) is 9.96. The van der Waals surface area contributed by atoms with Crippen LogP contribution in [0.5, 0.6) is 0 Å². The minimum Gasteiger partial charge on any atom is -0.444 e. The van der Waals surface area contributed by atoms with Gasteiger partial charge in [-0.05, 0) is 53.2 Å². The lowest BCUT2D eigenvalue weighted by Gasteiger charge is -2.19. The van der Waals surface area contributed by atoms with Crippen molar-refractivity contribution in [1.82, 2.24) is 25.3 Å². The van der Waals surface area contributed by atoms with Gasteiger partial charge in [-0.25, -0.2) is 14.8 Å². The number of nitrogens with zero attached hydrogens (tertiary/aromatic N) is 3. The molecule has 2 aromatic heterocycles. The number of carbonyl (C=O) groups is 1. The summed E-state index contributed by atoms with van der Waals surface area (Å²) in [5.41, 5.74) is 2.50. The molecule has 0 unspecified atom stereocenters. The summed E-state index contributed by atoms with van der Waals surface area (Å²) in [6.45, 7) is 12.1. The normalized spacial score (nSPS) is 12.1. The van der Waals surface area contributed by atoms with Crippen LogP contribution in [-0.4, -0.2) is 46.7 Å². The van der Waals surface area contributed by atoms with Crippen LogP contribution in [0, 0.1) is 6.92 Å². The Balaban J connectivity index is 1.80. The number of aromatic nitrogens is 2. The largest absolute Gasteiger partial charge is 0.444 e. The first kappa shape index (κ1) is 21.5. The number of fused-ring (bicyclic) bond motifs is 1. The van der Waals surface area contributed by atoms with Gasteiger partial charge < -0.3 is 25.1 Å². The SMILES string of the molecule is CCNC(=NCc1cn2c(C)cccc2n1)NCCCNC(=O)OC(C)(C)C. The summed E-state index contributed by atoms with van der Waals surface area (Å²) in [7, 11) is 0. The summed E-state index contributed by atoms with van der Waals surface area (Å²) in [6.07, 6.45) is 2.38. The predicted octanol–water partition coefficient (Wildman–Crippen LogP) is 2.61. The molecule has 0 fully saturated rings. The molecule has 2 rings (SSSR count). The molecular weight excluding hydrogens is 356 g/mol. The zero-order valence-corrected chi connectivity index (χ0v) is 17.5. The van der Waals surface area contributed by atoms with E-state index in [1.54, 1.807) is 0 Å². The highest BCUT2D eigenvalue weighted by Crippen LogP contribution is 2.09. The maximum absolute atomic E-state index is 11.6. The molecule has 0 aromatic carbocycles. The van der Waals surface area contributed by atoms with E-state index in [1.165, 1.54) is 0 Å². The smallest absolute Gasteiger partial charge is 0.407 e. The molecule has 0 saturated heterocycles. The van der Waals surface area contributed by atoms with E-state index in [0.29, 0.717) is 19.6 Å². The molecule has 0 spiro atoms. The molecule has 0 aliphatic carbocycles. The molecular formula is C20H32N6O2. The van der Waals surface area contributed by atoms with Crippen LogP contribution in [0.1, 0.15) is 45.5 Å². The molecule has 28 heavy (non-hydrogen) atoms. The van der Waals surface area contributed by atoms with Crippen LogP contribution < -0.4 is 16.0 Å². The van der Waals surface area contributed by atoms with E-state index in [1.807, 2.05) is 46.0 Å². The quantitative estimate of drug-likeness (QED) is 0.385. The van der Waals surface area contributed by atoms with Crippen molar-refractivity contribution in [3.05, 3.63) is 35.8 Å². The number of ether oxygens (including phenoxy) is 1. The lowest BCUT2D eigenvalue weighted by molar-refractivity contribution is 0.0527. The summed E-state index contributed by atoms with van der Waals surface area (Å²) < 4.78 is 7.27. The third-order valence-electron chi connectivity index (χ3n) is 3.80. The van der Waals surface area contributed by atoms with Crippen LogP contribution in [0.25, 0.3) is 5.65 Å². The van der Waals surface area contributed by atoms with Crippen molar-refractivity contribution in [1.29, 1.82) is 0 Å². The van der Waals surface area contributed by atoms with Crippen LogP contribution in [0.2, 0.25) is 0 Å². The van der Waals surface area contributed by atoms with Gasteiger partial charge in [0.05, 0.1) is 12.2 Å². The molecule has 0 atom stereocenters. The van der Waals surface area contributed by atoms with Crippen LogP contribution in [0.3, 0.4) is 0 Å². The fourth-order valence-electron chi connectivity index (χ4n) is 2.58. The summed E-state index contributed by atoms with van der Waals surface area (Å²) in [5.74, 6) is 0.730. The summed E-state index contributed by atoms with van der Waals surface area (Å²) >= 11 is 0. The van der Waals surface area contributed by atoms with E-state index in [9.17, 15) is 4.79 Å². The monoisotopic (exact) mass is 388 g/mol. The number of hydrogen-bond donors (Lipinski definition) is 3. The summed E-state index contributed by atoms with van der Waals surface area (Å²) in [6, 6.07) is 6.04. The van der Waals surface area contributed by atoms with Gasteiger partial charge in [0, 0.05) is 31.5 Å². The average Bonchev–Trinajstić information content (AvgIpc) is 3.02. The number of amides is 1. The Bertz CT molecular complexity index is 807. The molecule has 2 heterocycles. The minimum atomic E-state index is -0.482. The first-order chi connectivity index (χ1) is 13.3. The van der Waals surface area contributed by atoms with Crippen LogP contribution in [-0.2, 0) is 11.3 Å². The third kappa shape index (κ3) is 7.09. The number of hydrogen-bond acceptors (Lipinski definition) is 4. The Kier molecular flexibility index (Phi) is 7.66. The van der Waals surface area contributed by atoms with Gasteiger partial charge in [0.15, 0.2) is 5.96 Å². The minimum absolute atomic E-state index is 0.393. The Morgan fingerprint density at radius 3 is 2.64 bits per heavy atom. The number of rotatable bonds is 7. The second-order valence-electron chi connectivity index (χ2n) is 7.53. The Morgan fingerprint density at radius 1 is 1.21 bits per heavy atom. The predicted molar refractivity (Wildman–Crippen MR) is 112 cm³/mol. The zero-order valence-electron chi connectivity index (χ0n) is 17.5. The highest BCUT2D eigenvalue weighted by atomic mass is 16.6. The molecule has 8 nitrogen and oxygen atoms in total. The number of pyridine rings is 1. The average molecular weight is 389 g/mol. The first-order valence-electron chi connectivity index (χ1n) is 9.71. The maximum atomic E-state index is 11.6. The summed E-state index contributed by atoms with van der Waals surface area (Å²) in [5, 5.41) is 9.24. The van der Waals surface area contributed by atoms with Crippen LogP contribution in [0.4, 0.5) is 4.79 Å². The van der Waals surface area contributed by atoms with Crippen molar-refractivity contribution in [2.75, 3.05) is 19.6 Å². The van der Waals surface area contributed by atoms with Gasteiger partial charge in [0.2, 0.25) is 0 Å². The zero-order chi connectivity index (χ0) is 20.6. The highest BCUT2D eigenvalue weighted by Gasteiger charge is 2.15. The second-order valence-corrected chi connectivity index (χ2v) is 7.53. The van der Waals surface area contributed by atoms with E-state index in [0.717, 1.165) is 36.0 Å². The van der Waals surface area contributed by atoms with Gasteiger partial charge in [0.1, 0.15) is 11.2 Å². The number of guanidine groups is 1. The third-order valence-corrected chi connectivity index (χ3v) is 3.80. The van der Waals surface area contributed by atoms with Crippen molar-refractivity contribution in [3.8, 4) is 0 Å². The number of alkyl carbamates (subject to hydrolysis) is 1.